The summed E-state index contributed by atoms with van der Waals surface area (Å²) in [6, 6.07) is 3.77. The number of ketones is 3. The van der Waals surface area contributed by atoms with Crippen molar-refractivity contribution in [3.63, 3.8) is 0 Å². The Hall–Kier alpha value is -2.85. The van der Waals surface area contributed by atoms with Crippen molar-refractivity contribution in [2.45, 2.75) is 59.4 Å². The second kappa shape index (κ2) is 14.3. The van der Waals surface area contributed by atoms with E-state index >= 15 is 0 Å². The van der Waals surface area contributed by atoms with Crippen molar-refractivity contribution in [3.05, 3.63) is 41.3 Å². The highest BCUT2D eigenvalue weighted by Crippen LogP contribution is 2.43. The van der Waals surface area contributed by atoms with Crippen molar-refractivity contribution in [2.24, 2.45) is 17.8 Å². The number of carbonyl (C=O) groups excluding carboxylic acids is 3. The number of carbonyl (C=O) groups is 3. The van der Waals surface area contributed by atoms with Gasteiger partial charge in [-0.3, -0.25) is 19.3 Å². The van der Waals surface area contributed by atoms with E-state index in [1.165, 1.54) is 6.92 Å². The van der Waals surface area contributed by atoms with E-state index in [-0.39, 0.29) is 69.1 Å². The first-order valence-electron chi connectivity index (χ1n) is 13.1. The molecule has 0 bridgehead atoms. The smallest absolute Gasteiger partial charge is 0.167 e. The molecule has 38 heavy (non-hydrogen) atoms. The number of furan rings is 1. The lowest BCUT2D eigenvalue weighted by Crippen LogP contribution is -2.32. The Morgan fingerprint density at radius 3 is 2.47 bits per heavy atom. The number of phenolic OH excluding ortho intramolecular Hbond substituents is 1. The Bertz CT molecular complexity index is 1100. The fourth-order valence-corrected chi connectivity index (χ4v) is 5.62. The molecule has 0 radical (unpaired) electrons. The lowest BCUT2D eigenvalue weighted by atomic mass is 9.72. The third-order valence-electron chi connectivity index (χ3n) is 7.59. The Kier molecular flexibility index (Phi) is 11.8. The summed E-state index contributed by atoms with van der Waals surface area (Å²) in [7, 11) is 0. The lowest BCUT2D eigenvalue weighted by Gasteiger charge is -2.32. The molecule has 9 nitrogen and oxygen atoms in total. The molecular formula is C29H45NO8. The third kappa shape index (κ3) is 7.17. The second-order valence-corrected chi connectivity index (χ2v) is 10.1. The minimum Gasteiger partial charge on any atom is -0.507 e. The summed E-state index contributed by atoms with van der Waals surface area (Å²) in [5.41, 5.74) is 3.46. The van der Waals surface area contributed by atoms with Gasteiger partial charge in [0.25, 0.3) is 0 Å². The van der Waals surface area contributed by atoms with Gasteiger partial charge in [-0.15, -0.1) is 0 Å². The molecule has 214 valence electrons. The van der Waals surface area contributed by atoms with Gasteiger partial charge in [0.1, 0.15) is 17.3 Å². The van der Waals surface area contributed by atoms with E-state index in [0.29, 0.717) is 30.5 Å². The number of rotatable bonds is 14. The average Bonchev–Trinajstić information content (AvgIpc) is 3.38. The third-order valence-corrected chi connectivity index (χ3v) is 7.59. The lowest BCUT2D eigenvalue weighted by molar-refractivity contribution is -0.131. The standard InChI is InChI=1S/C29H39NO7.H2O.2H2/c1-4-30(5-2)15-22-14-23(21-7-9-37-17-21)24-12-19(13-27(35)28(24)29(22)36)11-20(6-8-31)25(16-32)26(34)10-18(3)33;;;/h7,9,14,17,19-20,25,31-32,36H,4-6,8,10-13,15-16H2,1-3H3;1H2;2*1H. The predicted molar refractivity (Wildman–Crippen MR) is 147 cm³/mol. The first-order chi connectivity index (χ1) is 17.7. The quantitative estimate of drug-likeness (QED) is 0.310. The maximum atomic E-state index is 13.5. The summed E-state index contributed by atoms with van der Waals surface area (Å²) < 4.78 is 5.33. The van der Waals surface area contributed by atoms with Gasteiger partial charge in [0, 0.05) is 39.5 Å². The van der Waals surface area contributed by atoms with Crippen molar-refractivity contribution in [1.29, 1.82) is 0 Å². The molecule has 1 aromatic carbocycles. The van der Waals surface area contributed by atoms with Gasteiger partial charge in [-0.2, -0.15) is 0 Å². The average molecular weight is 536 g/mol. The van der Waals surface area contributed by atoms with Gasteiger partial charge in [0.15, 0.2) is 5.78 Å². The molecule has 1 aromatic heterocycles. The highest BCUT2D eigenvalue weighted by atomic mass is 16.3. The summed E-state index contributed by atoms with van der Waals surface area (Å²) in [6.45, 7) is 7.00. The number of fused-ring (bicyclic) bond motifs is 1. The number of phenols is 1. The Morgan fingerprint density at radius 1 is 1.21 bits per heavy atom. The van der Waals surface area contributed by atoms with Crippen molar-refractivity contribution in [1.82, 2.24) is 4.90 Å². The number of hydrogen-bond acceptors (Lipinski definition) is 8. The maximum absolute atomic E-state index is 13.5. The minimum absolute atomic E-state index is 0. The number of aliphatic hydroxyl groups excluding tert-OH is 2. The van der Waals surface area contributed by atoms with Crippen LogP contribution in [0.25, 0.3) is 11.1 Å². The van der Waals surface area contributed by atoms with Gasteiger partial charge in [0.05, 0.1) is 31.1 Å². The number of aromatic hydroxyl groups is 1. The zero-order valence-electron chi connectivity index (χ0n) is 22.5. The topological polar surface area (TPSA) is 160 Å². The van der Waals surface area contributed by atoms with E-state index < -0.39 is 12.5 Å². The highest BCUT2D eigenvalue weighted by molar-refractivity contribution is 6.03. The first kappa shape index (κ1) is 31.4. The fourth-order valence-electron chi connectivity index (χ4n) is 5.62. The number of Topliss-reactive ketones (excluding diaryl/α,β-unsaturated/α-hetero) is 3. The summed E-state index contributed by atoms with van der Waals surface area (Å²) in [5.74, 6) is -2.03. The normalized spacial score (nSPS) is 16.6. The molecule has 1 aliphatic carbocycles. The van der Waals surface area contributed by atoms with Crippen molar-refractivity contribution >= 4 is 17.3 Å². The summed E-state index contributed by atoms with van der Waals surface area (Å²) >= 11 is 0. The number of nitrogens with zero attached hydrogens (tertiary/aromatic N) is 1. The van der Waals surface area contributed by atoms with Crippen LogP contribution in [-0.2, 0) is 22.6 Å². The van der Waals surface area contributed by atoms with Crippen LogP contribution in [0.1, 0.15) is 70.8 Å². The zero-order valence-corrected chi connectivity index (χ0v) is 22.5. The summed E-state index contributed by atoms with van der Waals surface area (Å²) in [6.07, 6.45) is 4.36. The van der Waals surface area contributed by atoms with Crippen LogP contribution in [0, 0.1) is 17.8 Å². The number of benzene rings is 1. The molecule has 1 heterocycles. The van der Waals surface area contributed by atoms with Gasteiger partial charge >= 0.3 is 0 Å². The molecule has 5 N–H and O–H groups in total. The predicted octanol–water partition coefficient (Wildman–Crippen LogP) is 3.45. The molecule has 3 rings (SSSR count). The monoisotopic (exact) mass is 535 g/mol. The molecular weight excluding hydrogens is 490 g/mol. The van der Waals surface area contributed by atoms with Crippen molar-refractivity contribution < 1.29 is 42.4 Å². The van der Waals surface area contributed by atoms with Gasteiger partial charge < -0.3 is 25.2 Å². The molecule has 0 aliphatic heterocycles. The van der Waals surface area contributed by atoms with E-state index in [4.69, 9.17) is 4.42 Å². The number of aliphatic hydroxyl groups is 2. The van der Waals surface area contributed by atoms with Gasteiger partial charge in [-0.25, -0.2) is 0 Å². The molecule has 0 amide bonds. The molecule has 9 heteroatoms. The maximum Gasteiger partial charge on any atom is 0.167 e. The van der Waals surface area contributed by atoms with E-state index in [1.807, 2.05) is 12.1 Å². The van der Waals surface area contributed by atoms with Crippen LogP contribution in [0.3, 0.4) is 0 Å². The summed E-state index contributed by atoms with van der Waals surface area (Å²) in [4.78, 5) is 39.8. The van der Waals surface area contributed by atoms with Crippen LogP contribution < -0.4 is 0 Å². The molecule has 0 saturated heterocycles. The Balaban J connectivity index is 0.00000507. The largest absolute Gasteiger partial charge is 0.507 e. The molecule has 1 aliphatic rings. The van der Waals surface area contributed by atoms with Crippen LogP contribution in [0.15, 0.2) is 29.1 Å². The Morgan fingerprint density at radius 2 is 1.92 bits per heavy atom. The van der Waals surface area contributed by atoms with Crippen molar-refractivity contribution in [2.75, 3.05) is 26.3 Å². The SMILES string of the molecule is CCN(CC)Cc1cc(-c2ccoc2)c2c(c1O)C(=O)CC(CC(CCO)C(CO)C(=O)CC(C)=O)C2.O.[HH].[HH]. The van der Waals surface area contributed by atoms with E-state index in [0.717, 1.165) is 29.8 Å². The van der Waals surface area contributed by atoms with Gasteiger partial charge in [-0.05, 0) is 74.4 Å². The minimum atomic E-state index is -0.772. The van der Waals surface area contributed by atoms with Gasteiger partial charge in [-0.1, -0.05) is 13.8 Å². The second-order valence-electron chi connectivity index (χ2n) is 10.1. The fraction of sp³-hybridized carbons (Fsp3) is 0.552. The van der Waals surface area contributed by atoms with E-state index in [9.17, 15) is 29.7 Å². The van der Waals surface area contributed by atoms with Crippen LogP contribution in [0.2, 0.25) is 0 Å². The molecule has 2 aromatic rings. The van der Waals surface area contributed by atoms with E-state index in [2.05, 4.69) is 18.7 Å². The molecule has 0 spiro atoms. The zero-order chi connectivity index (χ0) is 27.1. The summed E-state index contributed by atoms with van der Waals surface area (Å²) in [5, 5.41) is 30.8. The molecule has 3 unspecified atom stereocenters. The van der Waals surface area contributed by atoms with Crippen LogP contribution in [0.4, 0.5) is 0 Å². The van der Waals surface area contributed by atoms with E-state index in [1.54, 1.807) is 12.5 Å². The molecule has 3 atom stereocenters. The van der Waals surface area contributed by atoms with Crippen molar-refractivity contribution in [3.8, 4) is 16.9 Å². The first-order valence-corrected chi connectivity index (χ1v) is 13.1. The number of hydrogen-bond donors (Lipinski definition) is 3. The van der Waals surface area contributed by atoms with Gasteiger partial charge in [0.2, 0.25) is 0 Å². The Labute approximate surface area is 226 Å². The molecule has 0 fully saturated rings. The molecule has 0 saturated carbocycles. The highest BCUT2D eigenvalue weighted by Gasteiger charge is 2.36. The van der Waals surface area contributed by atoms with Crippen LogP contribution >= 0.6 is 0 Å². The van der Waals surface area contributed by atoms with Crippen LogP contribution in [-0.4, -0.2) is 69.3 Å². The van der Waals surface area contributed by atoms with Crippen LogP contribution in [0.5, 0.6) is 5.75 Å².